The predicted molar refractivity (Wildman–Crippen MR) is 56.2 cm³/mol. The molecule has 1 rings (SSSR count). The molecule has 0 aromatic carbocycles. The number of carbonyl (C=O) groups is 1. The third kappa shape index (κ3) is 1.72. The summed E-state index contributed by atoms with van der Waals surface area (Å²) < 4.78 is 5.52. The number of carbonyl (C=O) groups excluding carboxylic acids is 1. The van der Waals surface area contributed by atoms with Gasteiger partial charge in [-0.1, -0.05) is 20.8 Å². The van der Waals surface area contributed by atoms with Gasteiger partial charge in [-0.15, -0.1) is 0 Å². The van der Waals surface area contributed by atoms with Crippen LogP contribution < -0.4 is 0 Å². The summed E-state index contributed by atoms with van der Waals surface area (Å²) in [5, 5.41) is 0. The average Bonchev–Trinajstić information content (AvgIpc) is 2.44. The highest BCUT2D eigenvalue weighted by Crippen LogP contribution is 2.33. The second-order valence-electron chi connectivity index (χ2n) is 4.66. The summed E-state index contributed by atoms with van der Waals surface area (Å²) in [5.41, 5.74) is -0.263. The van der Waals surface area contributed by atoms with Gasteiger partial charge in [0, 0.05) is 6.04 Å². The number of nitrogens with zero attached hydrogens (tertiary/aromatic N) is 1. The Morgan fingerprint density at radius 3 is 2.21 bits per heavy atom. The molecule has 1 aliphatic rings. The Morgan fingerprint density at radius 2 is 2.00 bits per heavy atom. The Bertz CT molecular complexity index is 225. The minimum absolute atomic E-state index is 0.157. The Morgan fingerprint density at radius 1 is 1.43 bits per heavy atom. The molecule has 1 amide bonds. The predicted octanol–water partition coefficient (Wildman–Crippen LogP) is 2.65. The summed E-state index contributed by atoms with van der Waals surface area (Å²) in [5.74, 6) is 0.375. The smallest absolute Gasteiger partial charge is 0.410 e. The van der Waals surface area contributed by atoms with E-state index in [9.17, 15) is 4.79 Å². The molecule has 1 atom stereocenters. The number of rotatable bonds is 3. The molecule has 3 nitrogen and oxygen atoms in total. The minimum atomic E-state index is -0.263. The van der Waals surface area contributed by atoms with Gasteiger partial charge >= 0.3 is 6.09 Å². The van der Waals surface area contributed by atoms with Crippen LogP contribution in [-0.4, -0.2) is 29.2 Å². The van der Waals surface area contributed by atoms with Crippen molar-refractivity contribution >= 4 is 6.09 Å². The Hall–Kier alpha value is -0.730. The van der Waals surface area contributed by atoms with E-state index in [-0.39, 0.29) is 17.7 Å². The fourth-order valence-corrected chi connectivity index (χ4v) is 1.90. The zero-order valence-electron chi connectivity index (χ0n) is 9.83. The maximum Gasteiger partial charge on any atom is 0.410 e. The minimum Gasteiger partial charge on any atom is -0.441 e. The molecule has 0 bridgehead atoms. The highest BCUT2D eigenvalue weighted by molar-refractivity contribution is 5.71. The van der Waals surface area contributed by atoms with Crippen molar-refractivity contribution in [3.05, 3.63) is 0 Å². The molecule has 3 heteroatoms. The van der Waals surface area contributed by atoms with E-state index in [0.717, 1.165) is 13.0 Å². The Kier molecular flexibility index (Phi) is 3.07. The quantitative estimate of drug-likeness (QED) is 0.699. The molecule has 1 aliphatic heterocycles. The van der Waals surface area contributed by atoms with Gasteiger partial charge in [-0.05, 0) is 26.2 Å². The van der Waals surface area contributed by atoms with Crippen LogP contribution in [0.25, 0.3) is 0 Å². The molecule has 1 fully saturated rings. The van der Waals surface area contributed by atoms with Gasteiger partial charge in [-0.3, -0.25) is 0 Å². The van der Waals surface area contributed by atoms with Crippen molar-refractivity contribution in [3.8, 4) is 0 Å². The van der Waals surface area contributed by atoms with Gasteiger partial charge in [0.25, 0.3) is 0 Å². The molecule has 1 unspecified atom stereocenters. The second kappa shape index (κ2) is 3.79. The van der Waals surface area contributed by atoms with E-state index in [4.69, 9.17) is 4.74 Å². The molecule has 0 N–H and O–H groups in total. The molecule has 0 radical (unpaired) electrons. The van der Waals surface area contributed by atoms with E-state index < -0.39 is 0 Å². The van der Waals surface area contributed by atoms with E-state index >= 15 is 0 Å². The topological polar surface area (TPSA) is 29.5 Å². The fraction of sp³-hybridized carbons (Fsp3) is 0.909. The number of hydrogen-bond donors (Lipinski definition) is 0. The zero-order chi connectivity index (χ0) is 10.9. The van der Waals surface area contributed by atoms with Gasteiger partial charge in [0.2, 0.25) is 0 Å². The van der Waals surface area contributed by atoms with Crippen molar-refractivity contribution < 1.29 is 9.53 Å². The van der Waals surface area contributed by atoms with Crippen LogP contribution in [0.15, 0.2) is 0 Å². The normalized spacial score (nSPS) is 27.6. The monoisotopic (exact) mass is 199 g/mol. The molecule has 1 saturated heterocycles. The van der Waals surface area contributed by atoms with Crippen molar-refractivity contribution in [2.75, 3.05) is 6.54 Å². The van der Waals surface area contributed by atoms with Crippen molar-refractivity contribution in [2.45, 2.75) is 52.7 Å². The van der Waals surface area contributed by atoms with Gasteiger partial charge in [0.05, 0.1) is 6.54 Å². The first-order valence-electron chi connectivity index (χ1n) is 5.42. The van der Waals surface area contributed by atoms with Crippen molar-refractivity contribution in [2.24, 2.45) is 5.92 Å². The van der Waals surface area contributed by atoms with Gasteiger partial charge in [-0.25, -0.2) is 4.79 Å². The lowest BCUT2D eigenvalue weighted by molar-refractivity contribution is 0.0151. The van der Waals surface area contributed by atoms with E-state index in [1.807, 2.05) is 18.7 Å². The van der Waals surface area contributed by atoms with Crippen LogP contribution in [0.5, 0.6) is 0 Å². The summed E-state index contributed by atoms with van der Waals surface area (Å²) in [7, 11) is 0. The molecule has 0 aliphatic carbocycles. The van der Waals surface area contributed by atoms with E-state index in [1.165, 1.54) is 0 Å². The number of cyclic esters (lactones) is 1. The van der Waals surface area contributed by atoms with Gasteiger partial charge < -0.3 is 9.64 Å². The van der Waals surface area contributed by atoms with E-state index in [2.05, 4.69) is 20.8 Å². The second-order valence-corrected chi connectivity index (χ2v) is 4.66. The van der Waals surface area contributed by atoms with Gasteiger partial charge in [0.1, 0.15) is 5.60 Å². The molecule has 0 aromatic heterocycles. The first-order chi connectivity index (χ1) is 6.43. The molecular weight excluding hydrogens is 178 g/mol. The lowest BCUT2D eigenvalue weighted by Crippen LogP contribution is -2.40. The molecule has 0 spiro atoms. The molecule has 0 saturated carbocycles. The largest absolute Gasteiger partial charge is 0.441 e. The maximum atomic E-state index is 11.6. The standard InChI is InChI=1S/C11H21NO2/c1-6-11(8(2)3)7-12(9(4)5)10(13)14-11/h8-9H,6-7H2,1-5H3. The van der Waals surface area contributed by atoms with E-state index in [1.54, 1.807) is 0 Å². The lowest BCUT2D eigenvalue weighted by Gasteiger charge is -2.30. The van der Waals surface area contributed by atoms with Gasteiger partial charge in [0.15, 0.2) is 0 Å². The van der Waals surface area contributed by atoms with Crippen molar-refractivity contribution in [3.63, 3.8) is 0 Å². The summed E-state index contributed by atoms with van der Waals surface area (Å²) in [6.45, 7) is 11.1. The lowest BCUT2D eigenvalue weighted by atomic mass is 9.87. The molecule has 82 valence electrons. The van der Waals surface area contributed by atoms with Crippen LogP contribution in [0.4, 0.5) is 4.79 Å². The molecule has 0 aromatic rings. The maximum absolute atomic E-state index is 11.6. The third-order valence-electron chi connectivity index (χ3n) is 3.24. The summed E-state index contributed by atoms with van der Waals surface area (Å²) >= 11 is 0. The average molecular weight is 199 g/mol. The zero-order valence-corrected chi connectivity index (χ0v) is 9.83. The Balaban J connectivity index is 2.82. The van der Waals surface area contributed by atoms with Crippen LogP contribution in [0.3, 0.4) is 0 Å². The van der Waals surface area contributed by atoms with Crippen molar-refractivity contribution in [1.82, 2.24) is 4.90 Å². The molecule has 14 heavy (non-hydrogen) atoms. The summed E-state index contributed by atoms with van der Waals surface area (Å²) in [6.07, 6.45) is 0.732. The van der Waals surface area contributed by atoms with Crippen LogP contribution in [-0.2, 0) is 4.74 Å². The van der Waals surface area contributed by atoms with Gasteiger partial charge in [-0.2, -0.15) is 0 Å². The highest BCUT2D eigenvalue weighted by atomic mass is 16.6. The first kappa shape index (κ1) is 11.3. The number of hydrogen-bond acceptors (Lipinski definition) is 2. The highest BCUT2D eigenvalue weighted by Gasteiger charge is 2.46. The Labute approximate surface area is 86.4 Å². The van der Waals surface area contributed by atoms with Crippen LogP contribution in [0.2, 0.25) is 0 Å². The first-order valence-corrected chi connectivity index (χ1v) is 5.42. The summed E-state index contributed by atoms with van der Waals surface area (Å²) in [4.78, 5) is 13.4. The number of ether oxygens (including phenoxy) is 1. The SMILES string of the molecule is CCC1(C(C)C)CN(C(C)C)C(=O)O1. The molecule has 1 heterocycles. The van der Waals surface area contributed by atoms with Crippen LogP contribution >= 0.6 is 0 Å². The number of amides is 1. The van der Waals surface area contributed by atoms with E-state index in [0.29, 0.717) is 5.92 Å². The third-order valence-corrected chi connectivity index (χ3v) is 3.24. The van der Waals surface area contributed by atoms with Crippen LogP contribution in [0.1, 0.15) is 41.0 Å². The molecular formula is C11H21NO2. The summed E-state index contributed by atoms with van der Waals surface area (Å²) in [6, 6.07) is 0.231. The fourth-order valence-electron chi connectivity index (χ4n) is 1.90. The van der Waals surface area contributed by atoms with Crippen LogP contribution in [0, 0.1) is 5.92 Å². The van der Waals surface area contributed by atoms with Crippen molar-refractivity contribution in [1.29, 1.82) is 0 Å².